The van der Waals surface area contributed by atoms with Crippen LogP contribution in [-0.2, 0) is 10.0 Å². The van der Waals surface area contributed by atoms with E-state index in [0.29, 0.717) is 35.3 Å². The van der Waals surface area contributed by atoms with Gasteiger partial charge in [-0.15, -0.1) is 0 Å². The zero-order valence-electron chi connectivity index (χ0n) is 14.8. The Morgan fingerprint density at radius 3 is 2.41 bits per heavy atom. The Morgan fingerprint density at radius 2 is 1.78 bits per heavy atom. The third kappa shape index (κ3) is 4.63. The number of halogens is 2. The quantitative estimate of drug-likeness (QED) is 0.708. The number of hydrogen-bond donors (Lipinski definition) is 1. The van der Waals surface area contributed by atoms with E-state index in [-0.39, 0.29) is 15.7 Å². The van der Waals surface area contributed by atoms with Gasteiger partial charge in [-0.25, -0.2) is 8.42 Å². The number of nitrogens with zero attached hydrogens (tertiary/aromatic N) is 2. The van der Waals surface area contributed by atoms with Crippen molar-refractivity contribution >= 4 is 45.1 Å². The molecule has 1 saturated heterocycles. The smallest absolute Gasteiger partial charge is 0.243 e. The van der Waals surface area contributed by atoms with Gasteiger partial charge in [0, 0.05) is 29.9 Å². The highest BCUT2D eigenvalue weighted by Gasteiger charge is 2.27. The number of phenols is 1. The van der Waals surface area contributed by atoms with Crippen LogP contribution in [0.25, 0.3) is 0 Å². The van der Waals surface area contributed by atoms with E-state index in [0.717, 1.165) is 12.8 Å². The maximum atomic E-state index is 12.7. The molecule has 0 spiro atoms. The minimum absolute atomic E-state index is 0.108. The summed E-state index contributed by atoms with van der Waals surface area (Å²) < 4.78 is 27.0. The normalized spacial score (nSPS) is 16.9. The van der Waals surface area contributed by atoms with Crippen LogP contribution in [0.3, 0.4) is 0 Å². The molecule has 0 amide bonds. The van der Waals surface area contributed by atoms with Crippen LogP contribution in [0, 0.1) is 5.92 Å². The van der Waals surface area contributed by atoms with Gasteiger partial charge in [0.05, 0.1) is 15.6 Å². The molecular weight excluding hydrogens is 407 g/mol. The molecule has 27 heavy (non-hydrogen) atoms. The van der Waals surface area contributed by atoms with Crippen LogP contribution in [0.15, 0.2) is 46.3 Å². The van der Waals surface area contributed by atoms with Gasteiger partial charge in [0.1, 0.15) is 5.75 Å². The van der Waals surface area contributed by atoms with E-state index in [2.05, 4.69) is 11.9 Å². The van der Waals surface area contributed by atoms with E-state index in [1.54, 1.807) is 30.3 Å². The van der Waals surface area contributed by atoms with E-state index in [1.807, 2.05) is 0 Å². The Kier molecular flexibility index (Phi) is 6.11. The van der Waals surface area contributed by atoms with Crippen LogP contribution >= 0.6 is 23.2 Å². The minimum atomic E-state index is -3.48. The van der Waals surface area contributed by atoms with Crippen molar-refractivity contribution in [3.05, 3.63) is 52.0 Å². The lowest BCUT2D eigenvalue weighted by molar-refractivity contribution is 0.288. The molecule has 0 saturated carbocycles. The average Bonchev–Trinajstić information content (AvgIpc) is 2.64. The van der Waals surface area contributed by atoms with Crippen LogP contribution < -0.4 is 0 Å². The van der Waals surface area contributed by atoms with Gasteiger partial charge in [0.15, 0.2) is 0 Å². The fourth-order valence-corrected chi connectivity index (χ4v) is 4.89. The predicted molar refractivity (Wildman–Crippen MR) is 109 cm³/mol. The molecule has 0 atom stereocenters. The first kappa shape index (κ1) is 20.1. The molecule has 0 bridgehead atoms. The number of piperidine rings is 1. The molecule has 5 nitrogen and oxygen atoms in total. The molecule has 144 valence electrons. The van der Waals surface area contributed by atoms with Gasteiger partial charge < -0.3 is 5.11 Å². The monoisotopic (exact) mass is 426 g/mol. The van der Waals surface area contributed by atoms with Crippen molar-refractivity contribution in [3.63, 3.8) is 0 Å². The van der Waals surface area contributed by atoms with E-state index >= 15 is 0 Å². The molecule has 8 heteroatoms. The van der Waals surface area contributed by atoms with Crippen molar-refractivity contribution in [2.24, 2.45) is 10.9 Å². The Morgan fingerprint density at radius 1 is 1.15 bits per heavy atom. The summed E-state index contributed by atoms with van der Waals surface area (Å²) in [6.45, 7) is 3.25. The van der Waals surface area contributed by atoms with Crippen molar-refractivity contribution in [1.82, 2.24) is 4.31 Å². The largest absolute Gasteiger partial charge is 0.506 e. The molecule has 0 aliphatic carbocycles. The van der Waals surface area contributed by atoms with Gasteiger partial charge in [-0.2, -0.15) is 4.31 Å². The second kappa shape index (κ2) is 8.19. The second-order valence-corrected chi connectivity index (χ2v) is 9.45. The molecule has 1 heterocycles. The van der Waals surface area contributed by atoms with Crippen LogP contribution in [0.2, 0.25) is 10.0 Å². The van der Waals surface area contributed by atoms with Gasteiger partial charge in [0.25, 0.3) is 0 Å². The molecule has 0 radical (unpaired) electrons. The Balaban J connectivity index is 1.78. The van der Waals surface area contributed by atoms with Gasteiger partial charge >= 0.3 is 0 Å². The number of phenolic OH excluding ortho intramolecular Hbond substituents is 1. The van der Waals surface area contributed by atoms with Crippen LogP contribution in [0.5, 0.6) is 5.75 Å². The lowest BCUT2D eigenvalue weighted by Crippen LogP contribution is -2.37. The summed E-state index contributed by atoms with van der Waals surface area (Å²) in [5.74, 6) is 0.452. The first-order valence-electron chi connectivity index (χ1n) is 8.59. The third-order valence-electron chi connectivity index (χ3n) is 4.63. The molecule has 3 rings (SSSR count). The van der Waals surface area contributed by atoms with Gasteiger partial charge in [0.2, 0.25) is 10.0 Å². The lowest BCUT2D eigenvalue weighted by atomic mass is 10.0. The van der Waals surface area contributed by atoms with Crippen molar-refractivity contribution in [1.29, 1.82) is 0 Å². The topological polar surface area (TPSA) is 70.0 Å². The van der Waals surface area contributed by atoms with Crippen molar-refractivity contribution < 1.29 is 13.5 Å². The maximum absolute atomic E-state index is 12.7. The molecule has 1 aliphatic heterocycles. The number of rotatable bonds is 4. The predicted octanol–water partition coefficient (Wildman–Crippen LogP) is 4.87. The highest BCUT2D eigenvalue weighted by atomic mass is 35.5. The summed E-state index contributed by atoms with van der Waals surface area (Å²) in [7, 11) is -3.48. The van der Waals surface area contributed by atoms with Crippen molar-refractivity contribution in [3.8, 4) is 5.75 Å². The standard InChI is InChI=1S/C19H20Cl2N2O3S/c1-13-6-8-23(9-7-13)27(25,26)17-4-2-16(3-5-17)22-12-14-10-15(20)11-18(21)19(14)24/h2-5,10-13,24H,6-9H2,1H3. The van der Waals surface area contributed by atoms with E-state index in [9.17, 15) is 13.5 Å². The SMILES string of the molecule is CC1CCN(S(=O)(=O)c2ccc(N=Cc3cc(Cl)cc(Cl)c3O)cc2)CC1. The van der Waals surface area contributed by atoms with Crippen LogP contribution in [-0.4, -0.2) is 37.1 Å². The molecule has 0 aromatic heterocycles. The second-order valence-electron chi connectivity index (χ2n) is 6.66. The average molecular weight is 427 g/mol. The zero-order chi connectivity index (χ0) is 19.6. The molecule has 1 fully saturated rings. The summed E-state index contributed by atoms with van der Waals surface area (Å²) in [5.41, 5.74) is 0.934. The van der Waals surface area contributed by atoms with Gasteiger partial charge in [-0.1, -0.05) is 30.1 Å². The van der Waals surface area contributed by atoms with Gasteiger partial charge in [-0.3, -0.25) is 4.99 Å². The number of aliphatic imine (C=N–C) groups is 1. The Hall–Kier alpha value is -1.60. The fraction of sp³-hybridized carbons (Fsp3) is 0.316. The minimum Gasteiger partial charge on any atom is -0.506 e. The number of aromatic hydroxyl groups is 1. The highest BCUT2D eigenvalue weighted by Crippen LogP contribution is 2.30. The van der Waals surface area contributed by atoms with Crippen molar-refractivity contribution in [2.45, 2.75) is 24.7 Å². The third-order valence-corrected chi connectivity index (χ3v) is 7.05. The summed E-state index contributed by atoms with van der Waals surface area (Å²) in [4.78, 5) is 4.51. The molecule has 0 unspecified atom stereocenters. The first-order valence-corrected chi connectivity index (χ1v) is 10.8. The van der Waals surface area contributed by atoms with E-state index in [1.165, 1.54) is 16.6 Å². The fourth-order valence-electron chi connectivity index (χ4n) is 2.91. The van der Waals surface area contributed by atoms with E-state index in [4.69, 9.17) is 23.2 Å². The number of sulfonamides is 1. The molecule has 2 aromatic carbocycles. The van der Waals surface area contributed by atoms with Crippen molar-refractivity contribution in [2.75, 3.05) is 13.1 Å². The molecule has 1 N–H and O–H groups in total. The molecule has 2 aromatic rings. The highest BCUT2D eigenvalue weighted by molar-refractivity contribution is 7.89. The summed E-state index contributed by atoms with van der Waals surface area (Å²) in [5, 5.41) is 10.5. The summed E-state index contributed by atoms with van der Waals surface area (Å²) >= 11 is 11.8. The summed E-state index contributed by atoms with van der Waals surface area (Å²) in [6.07, 6.45) is 3.20. The van der Waals surface area contributed by atoms with E-state index < -0.39 is 10.0 Å². The first-order chi connectivity index (χ1) is 12.8. The Labute approximate surface area is 169 Å². The van der Waals surface area contributed by atoms with Crippen LogP contribution in [0.4, 0.5) is 5.69 Å². The molecular formula is C19H20Cl2N2O3S. The summed E-state index contributed by atoms with van der Waals surface area (Å²) in [6, 6.07) is 9.33. The van der Waals surface area contributed by atoms with Crippen LogP contribution in [0.1, 0.15) is 25.3 Å². The van der Waals surface area contributed by atoms with Gasteiger partial charge in [-0.05, 0) is 55.2 Å². The number of hydrogen-bond acceptors (Lipinski definition) is 4. The maximum Gasteiger partial charge on any atom is 0.243 e. The zero-order valence-corrected chi connectivity index (χ0v) is 17.1. The molecule has 1 aliphatic rings. The number of benzene rings is 2. The Bertz CT molecular complexity index is 952. The lowest BCUT2D eigenvalue weighted by Gasteiger charge is -2.29.